The van der Waals surface area contributed by atoms with Crippen LogP contribution in [0.2, 0.25) is 0 Å². The Balaban J connectivity index is 1.49. The Morgan fingerprint density at radius 2 is 2.00 bits per heavy atom. The zero-order chi connectivity index (χ0) is 18.8. The fraction of sp³-hybridized carbons (Fsp3) is 0.238. The highest BCUT2D eigenvalue weighted by molar-refractivity contribution is 6.06. The number of likely N-dealkylation sites (tertiary alicyclic amines) is 1. The van der Waals surface area contributed by atoms with Gasteiger partial charge >= 0.3 is 0 Å². The van der Waals surface area contributed by atoms with Crippen molar-refractivity contribution in [2.24, 2.45) is 0 Å². The first-order valence-corrected chi connectivity index (χ1v) is 9.05. The van der Waals surface area contributed by atoms with E-state index in [0.717, 1.165) is 24.9 Å². The lowest BCUT2D eigenvalue weighted by molar-refractivity contribution is -0.133. The average Bonchev–Trinajstić information content (AvgIpc) is 3.10. The first-order chi connectivity index (χ1) is 13.1. The predicted octanol–water partition coefficient (Wildman–Crippen LogP) is 4.07. The second-order valence-electron chi connectivity index (χ2n) is 6.81. The van der Waals surface area contributed by atoms with Gasteiger partial charge in [-0.3, -0.25) is 9.59 Å². The number of piperidine rings is 1. The Morgan fingerprint density at radius 1 is 1.15 bits per heavy atom. The summed E-state index contributed by atoms with van der Waals surface area (Å²) in [7, 11) is 0. The van der Waals surface area contributed by atoms with Gasteiger partial charge in [0.1, 0.15) is 11.5 Å². The first-order valence-electron chi connectivity index (χ1n) is 9.05. The Hall–Kier alpha value is -3.15. The van der Waals surface area contributed by atoms with Crippen LogP contribution in [0.1, 0.15) is 35.3 Å². The molecule has 6 heteroatoms. The van der Waals surface area contributed by atoms with Gasteiger partial charge in [-0.05, 0) is 48.7 Å². The number of amides is 2. The lowest BCUT2D eigenvalue weighted by Gasteiger charge is -2.26. The smallest absolute Gasteiger partial charge is 0.272 e. The Morgan fingerprint density at radius 3 is 2.81 bits per heavy atom. The van der Waals surface area contributed by atoms with Crippen LogP contribution in [0.5, 0.6) is 0 Å². The molecule has 2 aromatic carbocycles. The minimum absolute atomic E-state index is 0.177. The largest absolute Gasteiger partial charge is 0.350 e. The van der Waals surface area contributed by atoms with Gasteiger partial charge in [0, 0.05) is 36.1 Å². The topological polar surface area (TPSA) is 65.2 Å². The molecule has 0 unspecified atom stereocenters. The highest BCUT2D eigenvalue weighted by Crippen LogP contribution is 2.21. The zero-order valence-electron chi connectivity index (χ0n) is 14.8. The van der Waals surface area contributed by atoms with Gasteiger partial charge in [0.05, 0.1) is 0 Å². The van der Waals surface area contributed by atoms with Crippen molar-refractivity contribution in [1.29, 1.82) is 0 Å². The van der Waals surface area contributed by atoms with Crippen LogP contribution in [-0.4, -0.2) is 28.2 Å². The number of fused-ring (bicyclic) bond motifs is 1. The summed E-state index contributed by atoms with van der Waals surface area (Å²) in [5.41, 5.74) is 2.48. The fourth-order valence-corrected chi connectivity index (χ4v) is 3.44. The maximum absolute atomic E-state index is 13.8. The van der Waals surface area contributed by atoms with Crippen LogP contribution in [0.25, 0.3) is 10.9 Å². The Kier molecular flexibility index (Phi) is 4.62. The van der Waals surface area contributed by atoms with Gasteiger partial charge in [0.25, 0.3) is 5.91 Å². The van der Waals surface area contributed by atoms with Gasteiger partial charge in [-0.1, -0.05) is 18.2 Å². The molecule has 0 radical (unpaired) electrons. The number of H-pyrrole nitrogens is 1. The van der Waals surface area contributed by atoms with Gasteiger partial charge in [-0.2, -0.15) is 0 Å². The molecule has 0 aliphatic carbocycles. The monoisotopic (exact) mass is 365 g/mol. The van der Waals surface area contributed by atoms with E-state index in [1.165, 1.54) is 12.1 Å². The molecule has 3 aromatic rings. The highest BCUT2D eigenvalue weighted by Gasteiger charge is 2.18. The summed E-state index contributed by atoms with van der Waals surface area (Å²) in [6.07, 6.45) is 2.59. The van der Waals surface area contributed by atoms with Gasteiger partial charge in [0.2, 0.25) is 5.91 Å². The SMILES string of the molecule is O=C(Nc1cccc(CN2CCCCC2=O)c1)c1cc2c(F)cccc2[nH]1. The van der Waals surface area contributed by atoms with Crippen LogP contribution in [0, 0.1) is 5.82 Å². The number of anilines is 1. The molecule has 2 amide bonds. The standard InChI is InChI=1S/C21H20FN3O2/c22-17-7-4-8-18-16(17)12-19(24-18)21(27)23-15-6-3-5-14(11-15)13-25-10-2-1-9-20(25)26/h3-8,11-12,24H,1-2,9-10,13H2,(H,23,27). The highest BCUT2D eigenvalue weighted by atomic mass is 19.1. The second kappa shape index (κ2) is 7.23. The van der Waals surface area contributed by atoms with Crippen LogP contribution >= 0.6 is 0 Å². The molecule has 5 nitrogen and oxygen atoms in total. The van der Waals surface area contributed by atoms with E-state index in [1.807, 2.05) is 23.1 Å². The summed E-state index contributed by atoms with van der Waals surface area (Å²) in [6, 6.07) is 13.7. The Bertz CT molecular complexity index is 1010. The maximum atomic E-state index is 13.8. The minimum Gasteiger partial charge on any atom is -0.350 e. The summed E-state index contributed by atoms with van der Waals surface area (Å²) in [5.74, 6) is -0.524. The summed E-state index contributed by atoms with van der Waals surface area (Å²) in [4.78, 5) is 29.3. The molecule has 4 rings (SSSR count). The number of halogens is 1. The third-order valence-electron chi connectivity index (χ3n) is 4.84. The first kappa shape index (κ1) is 17.3. The number of aromatic amines is 1. The van der Waals surface area contributed by atoms with Crippen molar-refractivity contribution in [3.8, 4) is 0 Å². The van der Waals surface area contributed by atoms with Gasteiger partial charge in [0.15, 0.2) is 0 Å². The summed E-state index contributed by atoms with van der Waals surface area (Å²) in [5, 5.41) is 3.22. The van der Waals surface area contributed by atoms with E-state index in [1.54, 1.807) is 18.2 Å². The van der Waals surface area contributed by atoms with E-state index in [0.29, 0.717) is 35.2 Å². The second-order valence-corrected chi connectivity index (χ2v) is 6.81. The zero-order valence-corrected chi connectivity index (χ0v) is 14.8. The van der Waals surface area contributed by atoms with Crippen LogP contribution in [0.3, 0.4) is 0 Å². The van der Waals surface area contributed by atoms with Gasteiger partial charge in [-0.15, -0.1) is 0 Å². The molecule has 1 aliphatic rings. The molecule has 2 heterocycles. The number of nitrogens with one attached hydrogen (secondary N) is 2. The third kappa shape index (κ3) is 3.69. The van der Waals surface area contributed by atoms with E-state index in [9.17, 15) is 14.0 Å². The van der Waals surface area contributed by atoms with Crippen molar-refractivity contribution in [1.82, 2.24) is 9.88 Å². The maximum Gasteiger partial charge on any atom is 0.272 e. The number of nitrogens with zero attached hydrogens (tertiary/aromatic N) is 1. The van der Waals surface area contributed by atoms with Crippen LogP contribution in [0.4, 0.5) is 10.1 Å². The average molecular weight is 365 g/mol. The van der Waals surface area contributed by atoms with Crippen molar-refractivity contribution in [3.05, 3.63) is 65.6 Å². The molecule has 0 spiro atoms. The molecule has 0 atom stereocenters. The van der Waals surface area contributed by atoms with E-state index in [4.69, 9.17) is 0 Å². The van der Waals surface area contributed by atoms with Crippen LogP contribution in [0.15, 0.2) is 48.5 Å². The number of hydrogen-bond acceptors (Lipinski definition) is 2. The normalized spacial score (nSPS) is 14.6. The van der Waals surface area contributed by atoms with E-state index in [-0.39, 0.29) is 17.6 Å². The van der Waals surface area contributed by atoms with E-state index in [2.05, 4.69) is 10.3 Å². The number of benzene rings is 2. The van der Waals surface area contributed by atoms with Crippen LogP contribution < -0.4 is 5.32 Å². The van der Waals surface area contributed by atoms with Gasteiger partial charge in [-0.25, -0.2) is 4.39 Å². The number of carbonyl (C=O) groups is 2. The molecular formula is C21H20FN3O2. The molecule has 1 aromatic heterocycles. The number of rotatable bonds is 4. The molecule has 2 N–H and O–H groups in total. The van der Waals surface area contributed by atoms with Crippen LogP contribution in [-0.2, 0) is 11.3 Å². The van der Waals surface area contributed by atoms with E-state index < -0.39 is 0 Å². The molecule has 27 heavy (non-hydrogen) atoms. The van der Waals surface area contributed by atoms with Crippen molar-refractivity contribution in [2.75, 3.05) is 11.9 Å². The number of aromatic nitrogens is 1. The predicted molar refractivity (Wildman–Crippen MR) is 102 cm³/mol. The molecular weight excluding hydrogens is 345 g/mol. The molecule has 1 aliphatic heterocycles. The molecule has 0 bridgehead atoms. The summed E-state index contributed by atoms with van der Waals surface area (Å²) < 4.78 is 13.8. The quantitative estimate of drug-likeness (QED) is 0.732. The summed E-state index contributed by atoms with van der Waals surface area (Å²) >= 11 is 0. The molecule has 138 valence electrons. The number of hydrogen-bond donors (Lipinski definition) is 2. The van der Waals surface area contributed by atoms with Crippen molar-refractivity contribution in [3.63, 3.8) is 0 Å². The lowest BCUT2D eigenvalue weighted by Crippen LogP contribution is -2.34. The minimum atomic E-state index is -0.365. The van der Waals surface area contributed by atoms with Crippen molar-refractivity contribution >= 4 is 28.4 Å². The van der Waals surface area contributed by atoms with E-state index >= 15 is 0 Å². The van der Waals surface area contributed by atoms with Gasteiger partial charge < -0.3 is 15.2 Å². The Labute approximate surface area is 156 Å². The number of carbonyl (C=O) groups excluding carboxylic acids is 2. The third-order valence-corrected chi connectivity index (χ3v) is 4.84. The molecule has 1 saturated heterocycles. The fourth-order valence-electron chi connectivity index (χ4n) is 3.44. The lowest BCUT2D eigenvalue weighted by atomic mass is 10.1. The van der Waals surface area contributed by atoms with Crippen molar-refractivity contribution < 1.29 is 14.0 Å². The summed E-state index contributed by atoms with van der Waals surface area (Å²) in [6.45, 7) is 1.32. The molecule has 1 fully saturated rings. The molecule has 0 saturated carbocycles. The van der Waals surface area contributed by atoms with Crippen molar-refractivity contribution in [2.45, 2.75) is 25.8 Å².